The van der Waals surface area contributed by atoms with Crippen molar-refractivity contribution >= 4 is 16.8 Å². The molecule has 0 bridgehead atoms. The van der Waals surface area contributed by atoms with Crippen LogP contribution in [0, 0.1) is 0 Å². The average Bonchev–Trinajstić information content (AvgIpc) is 2.93. The zero-order chi connectivity index (χ0) is 15.4. The monoisotopic (exact) mass is 292 g/mol. The van der Waals surface area contributed by atoms with E-state index in [1.165, 1.54) is 5.56 Å². The van der Waals surface area contributed by atoms with Crippen LogP contribution in [-0.2, 0) is 6.54 Å². The van der Waals surface area contributed by atoms with Gasteiger partial charge in [-0.2, -0.15) is 0 Å². The minimum atomic E-state index is 0.00450. The molecular weight excluding hydrogens is 272 g/mol. The van der Waals surface area contributed by atoms with E-state index in [-0.39, 0.29) is 5.91 Å². The molecule has 1 aromatic heterocycles. The van der Waals surface area contributed by atoms with Crippen LogP contribution in [0.15, 0.2) is 60.8 Å². The number of nitrogens with one attached hydrogen (secondary N) is 1. The first kappa shape index (κ1) is 14.4. The molecule has 22 heavy (non-hydrogen) atoms. The number of hydrogen-bond donors (Lipinski definition) is 1. The maximum Gasteiger partial charge on any atom is 0.253 e. The van der Waals surface area contributed by atoms with Gasteiger partial charge in [0.2, 0.25) is 0 Å². The number of amides is 1. The number of aromatic nitrogens is 1. The fourth-order valence-electron chi connectivity index (χ4n) is 2.67. The van der Waals surface area contributed by atoms with Crippen molar-refractivity contribution in [3.8, 4) is 0 Å². The Hall–Kier alpha value is -2.55. The van der Waals surface area contributed by atoms with E-state index in [1.54, 1.807) is 0 Å². The Bertz CT molecular complexity index is 774. The van der Waals surface area contributed by atoms with Gasteiger partial charge in [-0.15, -0.1) is 0 Å². The Balaban J connectivity index is 1.99. The molecule has 112 valence electrons. The number of nitrogens with zero attached hydrogens (tertiary/aromatic N) is 1. The zero-order valence-corrected chi connectivity index (χ0v) is 12.8. The van der Waals surface area contributed by atoms with Gasteiger partial charge in [0.25, 0.3) is 5.91 Å². The van der Waals surface area contributed by atoms with E-state index in [0.29, 0.717) is 6.54 Å². The molecule has 0 saturated carbocycles. The molecule has 3 aromatic rings. The fourth-order valence-corrected chi connectivity index (χ4v) is 2.67. The molecule has 3 heteroatoms. The summed E-state index contributed by atoms with van der Waals surface area (Å²) in [5, 5.41) is 3.97. The van der Waals surface area contributed by atoms with E-state index < -0.39 is 0 Å². The molecule has 0 aliphatic carbocycles. The molecule has 0 fully saturated rings. The van der Waals surface area contributed by atoms with Crippen LogP contribution in [-0.4, -0.2) is 17.0 Å². The van der Waals surface area contributed by atoms with Crippen molar-refractivity contribution < 1.29 is 4.79 Å². The first-order chi connectivity index (χ1) is 10.8. The normalized spacial score (nSPS) is 10.8. The van der Waals surface area contributed by atoms with Gasteiger partial charge in [0.1, 0.15) is 0 Å². The molecular formula is C19H20N2O. The lowest BCUT2D eigenvalue weighted by atomic mass is 10.1. The zero-order valence-electron chi connectivity index (χ0n) is 12.8. The van der Waals surface area contributed by atoms with Crippen LogP contribution < -0.4 is 5.32 Å². The Morgan fingerprint density at radius 3 is 2.55 bits per heavy atom. The average molecular weight is 292 g/mol. The van der Waals surface area contributed by atoms with Crippen LogP contribution in [0.5, 0.6) is 0 Å². The third-order valence-electron chi connectivity index (χ3n) is 3.76. The lowest BCUT2D eigenvalue weighted by Crippen LogP contribution is -2.23. The molecule has 0 aliphatic rings. The summed E-state index contributed by atoms with van der Waals surface area (Å²) in [6, 6.07) is 18.4. The number of benzene rings is 2. The molecule has 3 rings (SSSR count). The van der Waals surface area contributed by atoms with Crippen molar-refractivity contribution in [2.24, 2.45) is 0 Å². The first-order valence-electron chi connectivity index (χ1n) is 7.69. The predicted octanol–water partition coefficient (Wildman–Crippen LogP) is 3.83. The fraction of sp³-hybridized carbons (Fsp3) is 0.211. The maximum atomic E-state index is 12.4. The molecule has 3 nitrogen and oxygen atoms in total. The summed E-state index contributed by atoms with van der Waals surface area (Å²) >= 11 is 0. The van der Waals surface area contributed by atoms with Crippen molar-refractivity contribution in [1.29, 1.82) is 0 Å². The second-order valence-corrected chi connectivity index (χ2v) is 5.43. The van der Waals surface area contributed by atoms with E-state index in [0.717, 1.165) is 29.4 Å². The van der Waals surface area contributed by atoms with Crippen molar-refractivity contribution in [3.05, 3.63) is 71.9 Å². The molecule has 0 atom stereocenters. The van der Waals surface area contributed by atoms with E-state index >= 15 is 0 Å². The van der Waals surface area contributed by atoms with E-state index in [4.69, 9.17) is 0 Å². The van der Waals surface area contributed by atoms with Crippen molar-refractivity contribution in [3.63, 3.8) is 0 Å². The van der Waals surface area contributed by atoms with Crippen molar-refractivity contribution in [2.75, 3.05) is 6.54 Å². The quantitative estimate of drug-likeness (QED) is 0.762. The van der Waals surface area contributed by atoms with Crippen LogP contribution in [0.25, 0.3) is 10.9 Å². The van der Waals surface area contributed by atoms with Crippen LogP contribution in [0.2, 0.25) is 0 Å². The van der Waals surface area contributed by atoms with Gasteiger partial charge in [-0.1, -0.05) is 55.5 Å². The SMILES string of the molecule is CCCNC(=O)c1cn(Cc2ccccc2)c2ccccc12. The summed E-state index contributed by atoms with van der Waals surface area (Å²) in [6.07, 6.45) is 2.90. The van der Waals surface area contributed by atoms with Crippen LogP contribution in [0.1, 0.15) is 29.3 Å². The van der Waals surface area contributed by atoms with Gasteiger partial charge in [-0.25, -0.2) is 0 Å². The van der Waals surface area contributed by atoms with Gasteiger partial charge in [-0.05, 0) is 18.1 Å². The lowest BCUT2D eigenvalue weighted by Gasteiger charge is -2.05. The molecule has 0 aliphatic heterocycles. The maximum absolute atomic E-state index is 12.4. The molecule has 2 aromatic carbocycles. The molecule has 0 unspecified atom stereocenters. The highest BCUT2D eigenvalue weighted by molar-refractivity contribution is 6.07. The molecule has 0 spiro atoms. The largest absolute Gasteiger partial charge is 0.352 e. The highest BCUT2D eigenvalue weighted by Crippen LogP contribution is 2.22. The second-order valence-electron chi connectivity index (χ2n) is 5.43. The topological polar surface area (TPSA) is 34.0 Å². The summed E-state index contributed by atoms with van der Waals surface area (Å²) in [5.74, 6) is 0.00450. The van der Waals surface area contributed by atoms with Gasteiger partial charge in [0.15, 0.2) is 0 Å². The Labute approximate surface area is 130 Å². The third kappa shape index (κ3) is 2.89. The van der Waals surface area contributed by atoms with Crippen LogP contribution in [0.3, 0.4) is 0 Å². The molecule has 1 heterocycles. The smallest absolute Gasteiger partial charge is 0.253 e. The summed E-state index contributed by atoms with van der Waals surface area (Å²) in [7, 11) is 0. The lowest BCUT2D eigenvalue weighted by molar-refractivity contribution is 0.0955. The number of rotatable bonds is 5. The highest BCUT2D eigenvalue weighted by atomic mass is 16.1. The van der Waals surface area contributed by atoms with E-state index in [1.807, 2.05) is 42.6 Å². The number of fused-ring (bicyclic) bond motifs is 1. The minimum Gasteiger partial charge on any atom is -0.352 e. The Morgan fingerprint density at radius 2 is 1.77 bits per heavy atom. The summed E-state index contributed by atoms with van der Waals surface area (Å²) in [6.45, 7) is 3.53. The summed E-state index contributed by atoms with van der Waals surface area (Å²) < 4.78 is 2.14. The first-order valence-corrected chi connectivity index (χ1v) is 7.69. The van der Waals surface area contributed by atoms with Gasteiger partial charge < -0.3 is 9.88 Å². The minimum absolute atomic E-state index is 0.00450. The Kier molecular flexibility index (Phi) is 4.24. The standard InChI is InChI=1S/C19H20N2O/c1-2-12-20-19(22)17-14-21(13-15-8-4-3-5-9-15)18-11-7-6-10-16(17)18/h3-11,14H,2,12-13H2,1H3,(H,20,22). The number of carbonyl (C=O) groups is 1. The number of para-hydroxylation sites is 1. The second kappa shape index (κ2) is 6.48. The number of carbonyl (C=O) groups excluding carboxylic acids is 1. The van der Waals surface area contributed by atoms with E-state index in [2.05, 4.69) is 35.0 Å². The van der Waals surface area contributed by atoms with Crippen molar-refractivity contribution in [2.45, 2.75) is 19.9 Å². The van der Waals surface area contributed by atoms with Crippen LogP contribution in [0.4, 0.5) is 0 Å². The molecule has 0 saturated heterocycles. The van der Waals surface area contributed by atoms with Crippen molar-refractivity contribution in [1.82, 2.24) is 9.88 Å². The highest BCUT2D eigenvalue weighted by Gasteiger charge is 2.14. The third-order valence-corrected chi connectivity index (χ3v) is 3.76. The molecule has 1 amide bonds. The van der Waals surface area contributed by atoms with Gasteiger partial charge in [0.05, 0.1) is 5.56 Å². The van der Waals surface area contributed by atoms with Gasteiger partial charge in [0, 0.05) is 30.2 Å². The Morgan fingerprint density at radius 1 is 1.05 bits per heavy atom. The number of hydrogen-bond acceptors (Lipinski definition) is 1. The van der Waals surface area contributed by atoms with Crippen LogP contribution >= 0.6 is 0 Å². The van der Waals surface area contributed by atoms with Gasteiger partial charge >= 0.3 is 0 Å². The van der Waals surface area contributed by atoms with E-state index in [9.17, 15) is 4.79 Å². The predicted molar refractivity (Wildman–Crippen MR) is 90.1 cm³/mol. The summed E-state index contributed by atoms with van der Waals surface area (Å²) in [4.78, 5) is 12.4. The van der Waals surface area contributed by atoms with Gasteiger partial charge in [-0.3, -0.25) is 4.79 Å². The summed E-state index contributed by atoms with van der Waals surface area (Å²) in [5.41, 5.74) is 3.07. The molecule has 0 radical (unpaired) electrons. The molecule has 1 N–H and O–H groups in total.